The van der Waals surface area contributed by atoms with Gasteiger partial charge < -0.3 is 5.43 Å². The molecular formula is C10H10N4. The van der Waals surface area contributed by atoms with Crippen molar-refractivity contribution in [1.29, 1.82) is 0 Å². The largest absolute Gasteiger partial charge is 0.313 e. The first kappa shape index (κ1) is 8.62. The van der Waals surface area contributed by atoms with Gasteiger partial charge in [-0.3, -0.25) is 4.98 Å². The lowest BCUT2D eigenvalue weighted by atomic mass is 10.3. The quantitative estimate of drug-likeness (QED) is 0.566. The number of nitrogens with one attached hydrogen (secondary N) is 1. The van der Waals surface area contributed by atoms with Gasteiger partial charge in [-0.05, 0) is 12.1 Å². The van der Waals surface area contributed by atoms with E-state index in [0.717, 1.165) is 16.7 Å². The van der Waals surface area contributed by atoms with Gasteiger partial charge in [-0.1, -0.05) is 12.1 Å². The summed E-state index contributed by atoms with van der Waals surface area (Å²) in [6.45, 7) is 0. The van der Waals surface area contributed by atoms with Crippen LogP contribution in [0.5, 0.6) is 0 Å². The molecule has 4 heteroatoms. The molecule has 0 aliphatic heterocycles. The van der Waals surface area contributed by atoms with Gasteiger partial charge in [0.1, 0.15) is 5.69 Å². The third kappa shape index (κ3) is 1.69. The van der Waals surface area contributed by atoms with Gasteiger partial charge in [-0.2, -0.15) is 5.10 Å². The van der Waals surface area contributed by atoms with Crippen molar-refractivity contribution >= 4 is 17.2 Å². The second-order valence-corrected chi connectivity index (χ2v) is 2.77. The normalized spacial score (nSPS) is 10.9. The Morgan fingerprint density at radius 1 is 1.29 bits per heavy atom. The zero-order chi connectivity index (χ0) is 9.80. The van der Waals surface area contributed by atoms with Gasteiger partial charge in [0.2, 0.25) is 0 Å². The number of rotatable bonds is 2. The average Bonchev–Trinajstić information content (AvgIpc) is 2.26. The maximum absolute atomic E-state index is 4.36. The molecule has 2 rings (SSSR count). The lowest BCUT2D eigenvalue weighted by Crippen LogP contribution is -1.97. The predicted molar refractivity (Wildman–Crippen MR) is 56.2 cm³/mol. The molecule has 1 N–H and O–H groups in total. The van der Waals surface area contributed by atoms with Crippen LogP contribution in [-0.2, 0) is 0 Å². The fourth-order valence-corrected chi connectivity index (χ4v) is 1.16. The molecule has 0 fully saturated rings. The fraction of sp³-hybridized carbons (Fsp3) is 0.100. The predicted octanol–water partition coefficient (Wildman–Crippen LogP) is 1.18. The maximum Gasteiger partial charge on any atom is 0.102 e. The SMILES string of the molecule is CNN=Cc1cnc2ccccc2n1. The first-order valence-corrected chi connectivity index (χ1v) is 4.32. The first-order chi connectivity index (χ1) is 6.90. The molecular weight excluding hydrogens is 176 g/mol. The first-order valence-electron chi connectivity index (χ1n) is 4.32. The topological polar surface area (TPSA) is 50.2 Å². The number of aromatic nitrogens is 2. The average molecular weight is 186 g/mol. The Kier molecular flexibility index (Phi) is 2.36. The molecule has 0 spiro atoms. The Balaban J connectivity index is 2.46. The molecule has 0 saturated heterocycles. The summed E-state index contributed by atoms with van der Waals surface area (Å²) in [6, 6.07) is 7.74. The lowest BCUT2D eigenvalue weighted by Gasteiger charge is -1.96. The van der Waals surface area contributed by atoms with Crippen LogP contribution in [0.1, 0.15) is 5.69 Å². The molecule has 0 aliphatic rings. The van der Waals surface area contributed by atoms with Crippen LogP contribution in [0.2, 0.25) is 0 Å². The van der Waals surface area contributed by atoms with Crippen LogP contribution in [0.25, 0.3) is 11.0 Å². The Morgan fingerprint density at radius 2 is 2.07 bits per heavy atom. The van der Waals surface area contributed by atoms with Crippen LogP contribution in [0.4, 0.5) is 0 Å². The molecule has 2 aromatic rings. The standard InChI is InChI=1S/C10H10N4/c1-11-13-7-8-6-12-9-4-2-3-5-10(9)14-8/h2-7,11H,1H3. The van der Waals surface area contributed by atoms with Gasteiger partial charge in [0, 0.05) is 7.05 Å². The second kappa shape index (κ2) is 3.83. The van der Waals surface area contributed by atoms with Gasteiger partial charge >= 0.3 is 0 Å². The highest BCUT2D eigenvalue weighted by Gasteiger charge is 1.95. The monoisotopic (exact) mass is 186 g/mol. The van der Waals surface area contributed by atoms with E-state index in [9.17, 15) is 0 Å². The summed E-state index contributed by atoms with van der Waals surface area (Å²) < 4.78 is 0. The number of benzene rings is 1. The van der Waals surface area contributed by atoms with E-state index in [-0.39, 0.29) is 0 Å². The number of hydrogen-bond acceptors (Lipinski definition) is 4. The van der Waals surface area contributed by atoms with Gasteiger partial charge in [0.25, 0.3) is 0 Å². The van der Waals surface area contributed by atoms with Crippen molar-refractivity contribution in [3.8, 4) is 0 Å². The van der Waals surface area contributed by atoms with Crippen molar-refractivity contribution in [3.05, 3.63) is 36.2 Å². The van der Waals surface area contributed by atoms with E-state index >= 15 is 0 Å². The molecule has 0 bridgehead atoms. The van der Waals surface area contributed by atoms with Crippen LogP contribution in [-0.4, -0.2) is 23.2 Å². The summed E-state index contributed by atoms with van der Waals surface area (Å²) in [5.41, 5.74) is 5.19. The molecule has 1 aromatic carbocycles. The highest BCUT2D eigenvalue weighted by atomic mass is 15.3. The molecule has 1 aromatic heterocycles. The number of hydrazone groups is 1. The Labute approximate surface area is 81.7 Å². The highest BCUT2D eigenvalue weighted by molar-refractivity contribution is 5.81. The molecule has 0 aliphatic carbocycles. The smallest absolute Gasteiger partial charge is 0.102 e. The van der Waals surface area contributed by atoms with Crippen LogP contribution < -0.4 is 5.43 Å². The number of hydrogen-bond donors (Lipinski definition) is 1. The Morgan fingerprint density at radius 3 is 2.86 bits per heavy atom. The summed E-state index contributed by atoms with van der Waals surface area (Å²) in [4.78, 5) is 8.61. The van der Waals surface area contributed by atoms with Crippen molar-refractivity contribution in [3.63, 3.8) is 0 Å². The van der Waals surface area contributed by atoms with Crippen LogP contribution in [0, 0.1) is 0 Å². The number of fused-ring (bicyclic) bond motifs is 1. The lowest BCUT2D eigenvalue weighted by molar-refractivity contribution is 0.906. The zero-order valence-electron chi connectivity index (χ0n) is 7.81. The minimum Gasteiger partial charge on any atom is -0.313 e. The van der Waals surface area contributed by atoms with Crippen molar-refractivity contribution in [2.24, 2.45) is 5.10 Å². The second-order valence-electron chi connectivity index (χ2n) is 2.77. The molecule has 0 radical (unpaired) electrons. The van der Waals surface area contributed by atoms with E-state index in [4.69, 9.17) is 0 Å². The summed E-state index contributed by atoms with van der Waals surface area (Å²) >= 11 is 0. The molecule has 0 amide bonds. The molecule has 0 unspecified atom stereocenters. The molecule has 4 nitrogen and oxygen atoms in total. The van der Waals surface area contributed by atoms with Crippen LogP contribution in [0.3, 0.4) is 0 Å². The third-order valence-corrected chi connectivity index (χ3v) is 1.79. The maximum atomic E-state index is 4.36. The van der Waals surface area contributed by atoms with Gasteiger partial charge in [-0.25, -0.2) is 4.98 Å². The Bertz CT molecular complexity index is 464. The summed E-state index contributed by atoms with van der Waals surface area (Å²) in [6.07, 6.45) is 3.34. The van der Waals surface area contributed by atoms with Crippen LogP contribution in [0.15, 0.2) is 35.6 Å². The Hall–Kier alpha value is -1.97. The van der Waals surface area contributed by atoms with Crippen LogP contribution >= 0.6 is 0 Å². The highest BCUT2D eigenvalue weighted by Crippen LogP contribution is 2.06. The van der Waals surface area contributed by atoms with Gasteiger partial charge in [-0.15, -0.1) is 0 Å². The van der Waals surface area contributed by atoms with Crippen molar-refractivity contribution in [2.45, 2.75) is 0 Å². The summed E-state index contributed by atoms with van der Waals surface area (Å²) in [5, 5.41) is 3.87. The van der Waals surface area contributed by atoms with E-state index in [0.29, 0.717) is 0 Å². The fourth-order valence-electron chi connectivity index (χ4n) is 1.16. The third-order valence-electron chi connectivity index (χ3n) is 1.79. The minimum atomic E-state index is 0.748. The zero-order valence-corrected chi connectivity index (χ0v) is 7.81. The molecule has 14 heavy (non-hydrogen) atoms. The minimum absolute atomic E-state index is 0.748. The van der Waals surface area contributed by atoms with Gasteiger partial charge in [0.05, 0.1) is 23.4 Å². The van der Waals surface area contributed by atoms with E-state index in [1.807, 2.05) is 24.3 Å². The van der Waals surface area contributed by atoms with Crippen molar-refractivity contribution in [1.82, 2.24) is 15.4 Å². The molecule has 0 saturated carbocycles. The van der Waals surface area contributed by atoms with E-state index < -0.39 is 0 Å². The van der Waals surface area contributed by atoms with E-state index in [1.165, 1.54) is 0 Å². The van der Waals surface area contributed by atoms with E-state index in [2.05, 4.69) is 20.5 Å². The molecule has 1 heterocycles. The summed E-state index contributed by atoms with van der Waals surface area (Å²) in [7, 11) is 1.74. The number of nitrogens with zero attached hydrogens (tertiary/aromatic N) is 3. The summed E-state index contributed by atoms with van der Waals surface area (Å²) in [5.74, 6) is 0. The van der Waals surface area contributed by atoms with E-state index in [1.54, 1.807) is 19.5 Å². The van der Waals surface area contributed by atoms with Crippen molar-refractivity contribution in [2.75, 3.05) is 7.05 Å². The number of para-hydroxylation sites is 2. The molecule has 0 atom stereocenters. The molecule has 70 valence electrons. The van der Waals surface area contributed by atoms with Gasteiger partial charge in [0.15, 0.2) is 0 Å². The van der Waals surface area contributed by atoms with Crippen molar-refractivity contribution < 1.29 is 0 Å².